The van der Waals surface area contributed by atoms with Crippen LogP contribution in [0.5, 0.6) is 11.5 Å². The van der Waals surface area contributed by atoms with Gasteiger partial charge in [-0.25, -0.2) is 0 Å². The van der Waals surface area contributed by atoms with Gasteiger partial charge < -0.3 is 14.4 Å². The highest BCUT2D eigenvalue weighted by atomic mass is 35.5. The molecule has 1 unspecified atom stereocenters. The zero-order valence-electron chi connectivity index (χ0n) is 19.0. The maximum absolute atomic E-state index is 6.05. The monoisotopic (exact) mass is 481 g/mol. The van der Waals surface area contributed by atoms with Crippen LogP contribution in [-0.2, 0) is 0 Å². The molecule has 0 radical (unpaired) electrons. The van der Waals surface area contributed by atoms with Gasteiger partial charge in [0, 0.05) is 34.4 Å². The fourth-order valence-corrected chi connectivity index (χ4v) is 5.53. The van der Waals surface area contributed by atoms with E-state index in [1.807, 2.05) is 36.4 Å². The Morgan fingerprint density at radius 3 is 2.61 bits per heavy atom. The average Bonchev–Trinajstić information content (AvgIpc) is 3.49. The standard InChI is InChI=1S/C26H28ClN3O2S/c1-18-28-22-16-25(19-5-7-20(27)8-6-19)33-26(22)17-30(18)21-9-10-23(24(15-21)31-2)32-14-13-29-11-3-4-12-29/h5-10,15-18H,3-4,11-14H2,1-2H3. The molecule has 0 spiro atoms. The minimum atomic E-state index is -0.0168. The van der Waals surface area contributed by atoms with Crippen molar-refractivity contribution in [3.05, 3.63) is 63.4 Å². The van der Waals surface area contributed by atoms with E-state index < -0.39 is 0 Å². The lowest BCUT2D eigenvalue weighted by molar-refractivity contribution is 0.230. The van der Waals surface area contributed by atoms with Crippen LogP contribution in [-0.4, -0.2) is 44.4 Å². The molecule has 5 nitrogen and oxygen atoms in total. The number of nitrogens with zero attached hydrogens (tertiary/aromatic N) is 3. The highest BCUT2D eigenvalue weighted by Gasteiger charge is 2.19. The molecule has 0 saturated carbocycles. The Balaban J connectivity index is 1.36. The number of hydrogen-bond donors (Lipinski definition) is 0. The fraction of sp³-hybridized carbons (Fsp3) is 0.346. The van der Waals surface area contributed by atoms with E-state index in [9.17, 15) is 0 Å². The van der Waals surface area contributed by atoms with Gasteiger partial charge in [0.05, 0.1) is 17.0 Å². The molecule has 33 heavy (non-hydrogen) atoms. The van der Waals surface area contributed by atoms with Gasteiger partial charge in [0.25, 0.3) is 0 Å². The molecule has 7 heteroatoms. The number of ether oxygens (including phenoxy) is 2. The van der Waals surface area contributed by atoms with E-state index in [1.54, 1.807) is 18.4 Å². The van der Waals surface area contributed by atoms with Crippen LogP contribution in [0.3, 0.4) is 0 Å². The summed E-state index contributed by atoms with van der Waals surface area (Å²) in [5, 5.41) is 1.77. The molecule has 2 aromatic carbocycles. The van der Waals surface area contributed by atoms with Crippen molar-refractivity contribution < 1.29 is 9.47 Å². The molecule has 0 bridgehead atoms. The first-order valence-electron chi connectivity index (χ1n) is 11.4. The largest absolute Gasteiger partial charge is 0.493 e. The van der Waals surface area contributed by atoms with E-state index in [2.05, 4.69) is 35.1 Å². The second-order valence-electron chi connectivity index (χ2n) is 8.40. The summed E-state index contributed by atoms with van der Waals surface area (Å²) < 4.78 is 12.8. The van der Waals surface area contributed by atoms with Crippen molar-refractivity contribution in [2.24, 2.45) is 4.99 Å². The normalized spacial score (nSPS) is 17.9. The third-order valence-electron chi connectivity index (χ3n) is 6.16. The van der Waals surface area contributed by atoms with Crippen molar-refractivity contribution in [3.8, 4) is 21.9 Å². The van der Waals surface area contributed by atoms with Gasteiger partial charge in [-0.3, -0.25) is 9.89 Å². The smallest absolute Gasteiger partial charge is 0.162 e. The zero-order chi connectivity index (χ0) is 22.8. The van der Waals surface area contributed by atoms with Crippen LogP contribution in [0.4, 0.5) is 5.69 Å². The topological polar surface area (TPSA) is 37.3 Å². The molecule has 5 rings (SSSR count). The van der Waals surface area contributed by atoms with Crippen molar-refractivity contribution in [2.75, 3.05) is 38.3 Å². The second kappa shape index (κ2) is 9.75. The molecule has 3 heterocycles. The molecule has 172 valence electrons. The number of halogens is 1. The van der Waals surface area contributed by atoms with Crippen LogP contribution in [0.15, 0.2) is 53.5 Å². The summed E-state index contributed by atoms with van der Waals surface area (Å²) in [6.45, 7) is 6.08. The summed E-state index contributed by atoms with van der Waals surface area (Å²) >= 11 is 7.79. The minimum absolute atomic E-state index is 0.0168. The highest BCUT2D eigenvalue weighted by Crippen LogP contribution is 2.33. The molecular formula is C26H28ClN3O2S. The summed E-state index contributed by atoms with van der Waals surface area (Å²) in [7, 11) is 1.69. The molecule has 0 N–H and O–H groups in total. The van der Waals surface area contributed by atoms with Gasteiger partial charge in [0.2, 0.25) is 0 Å². The Kier molecular flexibility index (Phi) is 6.58. The van der Waals surface area contributed by atoms with Crippen molar-refractivity contribution in [3.63, 3.8) is 0 Å². The van der Waals surface area contributed by atoms with Gasteiger partial charge in [0.15, 0.2) is 11.5 Å². The summed E-state index contributed by atoms with van der Waals surface area (Å²) in [5.41, 5.74) is 2.18. The van der Waals surface area contributed by atoms with E-state index in [-0.39, 0.29) is 6.17 Å². The van der Waals surface area contributed by atoms with Crippen LogP contribution >= 0.6 is 22.9 Å². The Morgan fingerprint density at radius 1 is 1.06 bits per heavy atom. The molecule has 0 amide bonds. The molecule has 3 aromatic rings. The van der Waals surface area contributed by atoms with Crippen LogP contribution in [0.1, 0.15) is 19.8 Å². The molecule has 1 fully saturated rings. The predicted octanol–water partition coefficient (Wildman–Crippen LogP) is 4.78. The summed E-state index contributed by atoms with van der Waals surface area (Å²) in [4.78, 5) is 10.8. The lowest BCUT2D eigenvalue weighted by Gasteiger charge is -2.27. The van der Waals surface area contributed by atoms with Crippen molar-refractivity contribution in [2.45, 2.75) is 25.9 Å². The molecule has 0 aliphatic carbocycles. The summed E-state index contributed by atoms with van der Waals surface area (Å²) in [5.74, 6) is 1.53. The van der Waals surface area contributed by atoms with Gasteiger partial charge in [-0.05, 0) is 68.8 Å². The van der Waals surface area contributed by atoms with Crippen LogP contribution in [0, 0.1) is 0 Å². The number of fused-ring (bicyclic) bond motifs is 1. The SMILES string of the molecule is COc1cc(N2C=c3sc(-c4ccc(Cl)cc4)cc3=NC2C)ccc1OCCN1CCCC1. The van der Waals surface area contributed by atoms with Gasteiger partial charge in [0.1, 0.15) is 12.8 Å². The lowest BCUT2D eigenvalue weighted by Crippen LogP contribution is -2.38. The quantitative estimate of drug-likeness (QED) is 0.487. The van der Waals surface area contributed by atoms with E-state index in [0.29, 0.717) is 6.61 Å². The van der Waals surface area contributed by atoms with E-state index in [0.717, 1.165) is 44.2 Å². The minimum Gasteiger partial charge on any atom is -0.493 e. The zero-order valence-corrected chi connectivity index (χ0v) is 20.5. The van der Waals surface area contributed by atoms with E-state index >= 15 is 0 Å². The Labute approximate surface area is 203 Å². The third-order valence-corrected chi connectivity index (χ3v) is 7.52. The van der Waals surface area contributed by atoms with Gasteiger partial charge in [-0.1, -0.05) is 23.7 Å². The van der Waals surface area contributed by atoms with Gasteiger partial charge >= 0.3 is 0 Å². The number of benzene rings is 2. The van der Waals surface area contributed by atoms with E-state index in [4.69, 9.17) is 26.1 Å². The summed E-state index contributed by atoms with van der Waals surface area (Å²) in [6.07, 6.45) is 4.75. The highest BCUT2D eigenvalue weighted by molar-refractivity contribution is 7.13. The predicted molar refractivity (Wildman–Crippen MR) is 136 cm³/mol. The second-order valence-corrected chi connectivity index (χ2v) is 9.92. The number of hydrogen-bond acceptors (Lipinski definition) is 6. The van der Waals surface area contributed by atoms with Crippen molar-refractivity contribution in [1.82, 2.24) is 4.90 Å². The van der Waals surface area contributed by atoms with Crippen LogP contribution < -0.4 is 24.3 Å². The number of methoxy groups -OCH3 is 1. The van der Waals surface area contributed by atoms with Crippen molar-refractivity contribution >= 4 is 34.8 Å². The van der Waals surface area contributed by atoms with Crippen LogP contribution in [0.2, 0.25) is 5.02 Å². The Hall–Kier alpha value is -2.54. The molecule has 2 aliphatic rings. The average molecular weight is 482 g/mol. The van der Waals surface area contributed by atoms with Gasteiger partial charge in [-0.15, -0.1) is 11.3 Å². The third kappa shape index (κ3) is 4.88. The fourth-order valence-electron chi connectivity index (χ4n) is 4.36. The maximum Gasteiger partial charge on any atom is 0.162 e. The molecule has 1 saturated heterocycles. The Bertz CT molecular complexity index is 1240. The molecular weight excluding hydrogens is 454 g/mol. The molecule has 2 aliphatic heterocycles. The first-order chi connectivity index (χ1) is 16.1. The molecule has 1 aromatic heterocycles. The Morgan fingerprint density at radius 2 is 1.85 bits per heavy atom. The van der Waals surface area contributed by atoms with E-state index in [1.165, 1.54) is 30.8 Å². The number of anilines is 1. The number of likely N-dealkylation sites (tertiary alicyclic amines) is 1. The number of rotatable bonds is 7. The maximum atomic E-state index is 6.05. The van der Waals surface area contributed by atoms with Gasteiger partial charge in [-0.2, -0.15) is 0 Å². The molecule has 1 atom stereocenters. The summed E-state index contributed by atoms with van der Waals surface area (Å²) in [6, 6.07) is 16.2. The lowest BCUT2D eigenvalue weighted by atomic mass is 10.2. The van der Waals surface area contributed by atoms with Crippen molar-refractivity contribution in [1.29, 1.82) is 0 Å². The first-order valence-corrected chi connectivity index (χ1v) is 12.6. The van der Waals surface area contributed by atoms with Crippen LogP contribution in [0.25, 0.3) is 16.6 Å². The first kappa shape index (κ1) is 22.3. The number of thiophene rings is 1.